The molecule has 2 atom stereocenters. The van der Waals surface area contributed by atoms with E-state index in [9.17, 15) is 18.0 Å². The Balaban J connectivity index is 5.12. The van der Waals surface area contributed by atoms with Crippen LogP contribution < -0.4 is 5.32 Å². The van der Waals surface area contributed by atoms with Crippen molar-refractivity contribution in [3.05, 3.63) is 0 Å². The van der Waals surface area contributed by atoms with Crippen LogP contribution in [0.1, 0.15) is 0 Å². The lowest BCUT2D eigenvalue weighted by Gasteiger charge is -2.18. The molecule has 9 nitrogen and oxygen atoms in total. The van der Waals surface area contributed by atoms with Crippen molar-refractivity contribution in [1.82, 2.24) is 5.32 Å². The van der Waals surface area contributed by atoms with Crippen molar-refractivity contribution >= 4 is 22.1 Å². The van der Waals surface area contributed by atoms with E-state index in [0.29, 0.717) is 0 Å². The highest BCUT2D eigenvalue weighted by Gasteiger charge is 2.42. The highest BCUT2D eigenvalue weighted by molar-refractivity contribution is 7.87. The molecule has 0 saturated heterocycles. The molecule has 0 fully saturated rings. The maximum atomic E-state index is 10.7. The van der Waals surface area contributed by atoms with E-state index in [2.05, 4.69) is 0 Å². The van der Waals surface area contributed by atoms with Crippen LogP contribution in [0.15, 0.2) is 0 Å². The standard InChI is InChI=1S/C6H11NO8S/c8-2-1-7-3(5(9)10)4(6(11)12)16(13,14)15/h3-4,7-8H,1-2H2,(H,9,10)(H,11,12)(H,13,14,15). The third kappa shape index (κ3) is 4.10. The molecule has 0 bridgehead atoms. The molecule has 2 unspecified atom stereocenters. The number of hydrogen-bond acceptors (Lipinski definition) is 6. The second-order valence-corrected chi connectivity index (χ2v) is 4.31. The first-order chi connectivity index (χ1) is 7.21. The van der Waals surface area contributed by atoms with Crippen LogP contribution >= 0.6 is 0 Å². The zero-order valence-electron chi connectivity index (χ0n) is 7.90. The van der Waals surface area contributed by atoms with E-state index in [1.54, 1.807) is 0 Å². The van der Waals surface area contributed by atoms with Crippen molar-refractivity contribution in [2.24, 2.45) is 0 Å². The highest BCUT2D eigenvalue weighted by Crippen LogP contribution is 2.06. The number of hydrogen-bond donors (Lipinski definition) is 5. The van der Waals surface area contributed by atoms with Gasteiger partial charge in [0.2, 0.25) is 5.25 Å². The molecule has 10 heteroatoms. The Morgan fingerprint density at radius 2 is 1.69 bits per heavy atom. The third-order valence-electron chi connectivity index (χ3n) is 1.61. The summed E-state index contributed by atoms with van der Waals surface area (Å²) < 4.78 is 30.0. The predicted octanol–water partition coefficient (Wildman–Crippen LogP) is -2.64. The van der Waals surface area contributed by atoms with E-state index in [4.69, 9.17) is 19.9 Å². The topological polar surface area (TPSA) is 161 Å². The number of carboxylic acids is 2. The molecule has 0 spiro atoms. The van der Waals surface area contributed by atoms with Crippen LogP contribution in [0.4, 0.5) is 0 Å². The lowest BCUT2D eigenvalue weighted by atomic mass is 10.2. The average Bonchev–Trinajstić information content (AvgIpc) is 2.08. The Morgan fingerprint density at radius 1 is 1.19 bits per heavy atom. The summed E-state index contributed by atoms with van der Waals surface area (Å²) in [5.41, 5.74) is 0. The molecule has 0 aromatic carbocycles. The molecular weight excluding hydrogens is 246 g/mol. The van der Waals surface area contributed by atoms with Crippen LogP contribution in [0.25, 0.3) is 0 Å². The van der Waals surface area contributed by atoms with Crippen molar-refractivity contribution < 1.29 is 37.9 Å². The summed E-state index contributed by atoms with van der Waals surface area (Å²) in [5, 5.41) is 25.0. The summed E-state index contributed by atoms with van der Waals surface area (Å²) in [6, 6.07) is -2.04. The van der Waals surface area contributed by atoms with Crippen LogP contribution in [0.3, 0.4) is 0 Å². The molecule has 0 aromatic rings. The minimum Gasteiger partial charge on any atom is -0.480 e. The smallest absolute Gasteiger partial charge is 0.326 e. The molecule has 0 rings (SSSR count). The van der Waals surface area contributed by atoms with E-state index in [-0.39, 0.29) is 6.54 Å². The average molecular weight is 257 g/mol. The Hall–Kier alpha value is -1.23. The Morgan fingerprint density at radius 3 is 1.94 bits per heavy atom. The second kappa shape index (κ2) is 5.75. The maximum Gasteiger partial charge on any atom is 0.326 e. The van der Waals surface area contributed by atoms with Gasteiger partial charge in [0.15, 0.2) is 0 Å². The molecule has 0 amide bonds. The van der Waals surface area contributed by atoms with Crippen molar-refractivity contribution in [3.8, 4) is 0 Å². The molecule has 5 N–H and O–H groups in total. The Labute approximate surface area is 90.4 Å². The second-order valence-electron chi connectivity index (χ2n) is 2.77. The molecule has 16 heavy (non-hydrogen) atoms. The summed E-state index contributed by atoms with van der Waals surface area (Å²) in [7, 11) is -5.06. The van der Waals surface area contributed by atoms with Crippen LogP contribution in [0, 0.1) is 0 Å². The fourth-order valence-electron chi connectivity index (χ4n) is 0.986. The minimum atomic E-state index is -5.06. The number of rotatable bonds is 7. The van der Waals surface area contributed by atoms with Gasteiger partial charge in [-0.1, -0.05) is 0 Å². The summed E-state index contributed by atoms with van der Waals surface area (Å²) in [6.45, 7) is -0.835. The number of aliphatic hydroxyl groups excluding tert-OH is 1. The number of aliphatic carboxylic acids is 2. The van der Waals surface area contributed by atoms with Gasteiger partial charge in [-0.05, 0) is 0 Å². The van der Waals surface area contributed by atoms with Gasteiger partial charge in [0.1, 0.15) is 6.04 Å². The first-order valence-corrected chi connectivity index (χ1v) is 5.48. The number of aliphatic hydroxyl groups is 1. The van der Waals surface area contributed by atoms with Crippen molar-refractivity contribution in [1.29, 1.82) is 0 Å². The molecule has 0 aromatic heterocycles. The molecule has 0 radical (unpaired) electrons. The Bertz CT molecular complexity index is 363. The van der Waals surface area contributed by atoms with E-state index < -0.39 is 40.0 Å². The van der Waals surface area contributed by atoms with Crippen LogP contribution in [0.5, 0.6) is 0 Å². The molecule has 0 aliphatic carbocycles. The normalized spacial score (nSPS) is 15.4. The third-order valence-corrected chi connectivity index (χ3v) is 2.72. The van der Waals surface area contributed by atoms with Gasteiger partial charge in [-0.3, -0.25) is 14.1 Å². The quantitative estimate of drug-likeness (QED) is 0.307. The van der Waals surface area contributed by atoms with E-state index >= 15 is 0 Å². The van der Waals surface area contributed by atoms with Gasteiger partial charge in [-0.25, -0.2) is 0 Å². The van der Waals surface area contributed by atoms with Crippen molar-refractivity contribution in [3.63, 3.8) is 0 Å². The minimum absolute atomic E-state index is 0.323. The van der Waals surface area contributed by atoms with Gasteiger partial charge < -0.3 is 20.6 Å². The lowest BCUT2D eigenvalue weighted by Crippen LogP contribution is -2.53. The van der Waals surface area contributed by atoms with Gasteiger partial charge in [-0.2, -0.15) is 8.42 Å². The van der Waals surface area contributed by atoms with E-state index in [0.717, 1.165) is 0 Å². The number of nitrogens with one attached hydrogen (secondary N) is 1. The van der Waals surface area contributed by atoms with Crippen LogP contribution in [0.2, 0.25) is 0 Å². The highest BCUT2D eigenvalue weighted by atomic mass is 32.2. The number of carboxylic acid groups (broad SMARTS) is 2. The fraction of sp³-hybridized carbons (Fsp3) is 0.667. The maximum absolute atomic E-state index is 10.7. The summed E-state index contributed by atoms with van der Waals surface area (Å²) in [4.78, 5) is 21.2. The SMILES string of the molecule is O=C(O)C(NCCO)C(C(=O)O)S(=O)(=O)O. The predicted molar refractivity (Wildman–Crippen MR) is 49.5 cm³/mol. The zero-order valence-corrected chi connectivity index (χ0v) is 8.72. The lowest BCUT2D eigenvalue weighted by molar-refractivity contribution is -0.145. The molecule has 94 valence electrons. The van der Waals surface area contributed by atoms with Crippen LogP contribution in [-0.2, 0) is 19.7 Å². The summed E-state index contributed by atoms with van der Waals surface area (Å²) >= 11 is 0. The Kier molecular flexibility index (Phi) is 5.30. The summed E-state index contributed by atoms with van der Waals surface area (Å²) in [6.07, 6.45) is 0. The van der Waals surface area contributed by atoms with E-state index in [1.165, 1.54) is 0 Å². The van der Waals surface area contributed by atoms with Gasteiger partial charge in [-0.15, -0.1) is 0 Å². The molecule has 0 heterocycles. The van der Waals surface area contributed by atoms with Gasteiger partial charge in [0.05, 0.1) is 6.61 Å². The zero-order chi connectivity index (χ0) is 12.9. The van der Waals surface area contributed by atoms with Gasteiger partial charge >= 0.3 is 11.9 Å². The van der Waals surface area contributed by atoms with Gasteiger partial charge in [0.25, 0.3) is 10.1 Å². The summed E-state index contributed by atoms with van der Waals surface area (Å²) in [5.74, 6) is -3.76. The molecule has 0 aliphatic rings. The van der Waals surface area contributed by atoms with Crippen molar-refractivity contribution in [2.75, 3.05) is 13.2 Å². The molecule has 0 aliphatic heterocycles. The fourth-order valence-corrected chi connectivity index (χ4v) is 1.80. The first-order valence-electron chi connectivity index (χ1n) is 3.98. The van der Waals surface area contributed by atoms with E-state index in [1.807, 2.05) is 5.32 Å². The van der Waals surface area contributed by atoms with Crippen molar-refractivity contribution in [2.45, 2.75) is 11.3 Å². The number of carbonyl (C=O) groups is 2. The monoisotopic (exact) mass is 257 g/mol. The van der Waals surface area contributed by atoms with Gasteiger partial charge in [0, 0.05) is 6.54 Å². The molecular formula is C6H11NO8S. The molecule has 0 saturated carbocycles. The van der Waals surface area contributed by atoms with Crippen LogP contribution in [-0.4, -0.2) is 64.7 Å². The largest absolute Gasteiger partial charge is 0.480 e. The first kappa shape index (κ1) is 14.8.